The van der Waals surface area contributed by atoms with Gasteiger partial charge in [0.15, 0.2) is 0 Å². The average Bonchev–Trinajstić information content (AvgIpc) is 2.29. The van der Waals surface area contributed by atoms with Crippen molar-refractivity contribution in [3.8, 4) is 0 Å². The second-order valence-electron chi connectivity index (χ2n) is 4.07. The van der Waals surface area contributed by atoms with Gasteiger partial charge in [-0.3, -0.25) is 0 Å². The van der Waals surface area contributed by atoms with Crippen molar-refractivity contribution in [1.29, 1.82) is 0 Å². The zero-order valence-electron chi connectivity index (χ0n) is 9.64. The first-order chi connectivity index (χ1) is 7.38. The van der Waals surface area contributed by atoms with Gasteiger partial charge in [-0.1, -0.05) is 72.8 Å². The molecule has 0 atom stereocenters. The fraction of sp³-hybridized carbons (Fsp3) is 0.571. The van der Waals surface area contributed by atoms with Crippen LogP contribution in [0.15, 0.2) is 24.3 Å². The van der Waals surface area contributed by atoms with Crippen LogP contribution in [-0.2, 0) is 11.8 Å². The van der Waals surface area contributed by atoms with Gasteiger partial charge in [0.1, 0.15) is 0 Å². The van der Waals surface area contributed by atoms with Gasteiger partial charge in [-0.05, 0) is 24.0 Å². The molecule has 0 fully saturated rings. The van der Waals surface area contributed by atoms with E-state index in [0.29, 0.717) is 0 Å². The summed E-state index contributed by atoms with van der Waals surface area (Å²) in [5.41, 5.74) is 2.97. The number of halogens is 1. The quantitative estimate of drug-likeness (QED) is 0.477. The zero-order chi connectivity index (χ0) is 10.9. The van der Waals surface area contributed by atoms with Crippen LogP contribution in [0.4, 0.5) is 0 Å². The van der Waals surface area contributed by atoms with Crippen LogP contribution < -0.4 is 0 Å². The summed E-state index contributed by atoms with van der Waals surface area (Å²) < 4.78 is 0. The normalized spacial score (nSPS) is 10.5. The Morgan fingerprint density at radius 3 is 2.27 bits per heavy atom. The Balaban J connectivity index is 2.30. The Labute approximate surface area is 102 Å². The molecule has 0 aliphatic rings. The van der Waals surface area contributed by atoms with E-state index in [-0.39, 0.29) is 0 Å². The van der Waals surface area contributed by atoms with Gasteiger partial charge in [-0.15, -0.1) is 0 Å². The lowest BCUT2D eigenvalue weighted by molar-refractivity contribution is 0.631. The molecule has 84 valence electrons. The van der Waals surface area contributed by atoms with E-state index in [2.05, 4.69) is 47.1 Å². The molecule has 0 radical (unpaired) electrons. The minimum atomic E-state index is 0.984. The SMILES string of the molecule is CCCCCCCc1ccccc1CBr. The first-order valence-electron chi connectivity index (χ1n) is 6.01. The number of hydrogen-bond donors (Lipinski definition) is 0. The summed E-state index contributed by atoms with van der Waals surface area (Å²) in [6.45, 7) is 2.26. The van der Waals surface area contributed by atoms with Gasteiger partial charge >= 0.3 is 0 Å². The van der Waals surface area contributed by atoms with Crippen molar-refractivity contribution in [1.82, 2.24) is 0 Å². The monoisotopic (exact) mass is 268 g/mol. The molecule has 0 bridgehead atoms. The molecule has 0 heterocycles. The highest BCUT2D eigenvalue weighted by Crippen LogP contribution is 2.15. The Morgan fingerprint density at radius 1 is 0.933 bits per heavy atom. The van der Waals surface area contributed by atoms with Crippen LogP contribution in [0.25, 0.3) is 0 Å². The van der Waals surface area contributed by atoms with Crippen molar-refractivity contribution in [2.45, 2.75) is 50.8 Å². The molecule has 1 aromatic rings. The van der Waals surface area contributed by atoms with Gasteiger partial charge in [0.25, 0.3) is 0 Å². The molecular formula is C14H21Br. The van der Waals surface area contributed by atoms with Crippen molar-refractivity contribution in [3.63, 3.8) is 0 Å². The molecule has 0 unspecified atom stereocenters. The number of hydrogen-bond acceptors (Lipinski definition) is 0. The van der Waals surface area contributed by atoms with E-state index in [1.807, 2.05) is 0 Å². The maximum Gasteiger partial charge on any atom is 0.0285 e. The summed E-state index contributed by atoms with van der Waals surface area (Å²) >= 11 is 3.54. The highest BCUT2D eigenvalue weighted by atomic mass is 79.9. The third-order valence-electron chi connectivity index (χ3n) is 2.81. The molecule has 1 heteroatoms. The molecule has 0 amide bonds. The van der Waals surface area contributed by atoms with Crippen molar-refractivity contribution in [2.75, 3.05) is 0 Å². The van der Waals surface area contributed by atoms with Crippen molar-refractivity contribution < 1.29 is 0 Å². The van der Waals surface area contributed by atoms with E-state index in [1.54, 1.807) is 0 Å². The molecule has 0 aromatic heterocycles. The fourth-order valence-electron chi connectivity index (χ4n) is 1.85. The molecule has 15 heavy (non-hydrogen) atoms. The molecule has 0 saturated carbocycles. The van der Waals surface area contributed by atoms with E-state index in [4.69, 9.17) is 0 Å². The highest BCUT2D eigenvalue weighted by Gasteiger charge is 1.99. The molecule has 0 aliphatic heterocycles. The summed E-state index contributed by atoms with van der Waals surface area (Å²) in [5, 5.41) is 0.984. The molecule has 0 nitrogen and oxygen atoms in total. The van der Waals surface area contributed by atoms with Gasteiger partial charge in [0.05, 0.1) is 0 Å². The Hall–Kier alpha value is -0.300. The van der Waals surface area contributed by atoms with Crippen LogP contribution in [0.3, 0.4) is 0 Å². The topological polar surface area (TPSA) is 0 Å². The van der Waals surface area contributed by atoms with Crippen molar-refractivity contribution >= 4 is 15.9 Å². The predicted molar refractivity (Wildman–Crippen MR) is 71.5 cm³/mol. The summed E-state index contributed by atoms with van der Waals surface area (Å²) in [7, 11) is 0. The number of aryl methyl sites for hydroxylation is 1. The van der Waals surface area contributed by atoms with E-state index >= 15 is 0 Å². The smallest absolute Gasteiger partial charge is 0.0285 e. The second-order valence-corrected chi connectivity index (χ2v) is 4.63. The minimum absolute atomic E-state index is 0.984. The summed E-state index contributed by atoms with van der Waals surface area (Å²) in [6.07, 6.45) is 8.07. The summed E-state index contributed by atoms with van der Waals surface area (Å²) in [5.74, 6) is 0. The van der Waals surface area contributed by atoms with Crippen LogP contribution in [0.1, 0.15) is 50.2 Å². The van der Waals surface area contributed by atoms with Gasteiger partial charge < -0.3 is 0 Å². The Morgan fingerprint density at radius 2 is 1.60 bits per heavy atom. The van der Waals surface area contributed by atoms with Crippen LogP contribution in [0.5, 0.6) is 0 Å². The minimum Gasteiger partial charge on any atom is -0.0876 e. The Bertz CT molecular complexity index is 268. The van der Waals surface area contributed by atoms with Crippen LogP contribution in [0, 0.1) is 0 Å². The van der Waals surface area contributed by atoms with Gasteiger partial charge in [0.2, 0.25) is 0 Å². The first-order valence-corrected chi connectivity index (χ1v) is 7.13. The number of unbranched alkanes of at least 4 members (excludes halogenated alkanes) is 4. The van der Waals surface area contributed by atoms with E-state index in [0.717, 1.165) is 5.33 Å². The van der Waals surface area contributed by atoms with Crippen LogP contribution >= 0.6 is 15.9 Å². The van der Waals surface area contributed by atoms with Crippen LogP contribution in [-0.4, -0.2) is 0 Å². The van der Waals surface area contributed by atoms with Crippen molar-refractivity contribution in [3.05, 3.63) is 35.4 Å². The standard InChI is InChI=1S/C14H21Br/c1-2-3-4-5-6-9-13-10-7-8-11-14(13)12-15/h7-8,10-11H,2-6,9,12H2,1H3. The molecule has 0 aliphatic carbocycles. The second kappa shape index (κ2) is 7.92. The van der Waals surface area contributed by atoms with Crippen LogP contribution in [0.2, 0.25) is 0 Å². The van der Waals surface area contributed by atoms with E-state index in [9.17, 15) is 0 Å². The number of benzene rings is 1. The maximum atomic E-state index is 3.54. The average molecular weight is 269 g/mol. The number of rotatable bonds is 7. The van der Waals surface area contributed by atoms with Gasteiger partial charge in [0, 0.05) is 5.33 Å². The lowest BCUT2D eigenvalue weighted by Gasteiger charge is -2.06. The van der Waals surface area contributed by atoms with Gasteiger partial charge in [-0.25, -0.2) is 0 Å². The zero-order valence-corrected chi connectivity index (χ0v) is 11.2. The third-order valence-corrected chi connectivity index (χ3v) is 3.42. The van der Waals surface area contributed by atoms with E-state index < -0.39 is 0 Å². The lowest BCUT2D eigenvalue weighted by atomic mass is 10.0. The maximum absolute atomic E-state index is 3.54. The fourth-order valence-corrected chi connectivity index (χ4v) is 2.40. The van der Waals surface area contributed by atoms with E-state index in [1.165, 1.54) is 49.7 Å². The lowest BCUT2D eigenvalue weighted by Crippen LogP contribution is -1.91. The predicted octanol–water partition coefficient (Wildman–Crippen LogP) is 5.09. The molecule has 0 spiro atoms. The Kier molecular flexibility index (Phi) is 6.74. The van der Waals surface area contributed by atoms with Gasteiger partial charge in [-0.2, -0.15) is 0 Å². The molecular weight excluding hydrogens is 248 g/mol. The highest BCUT2D eigenvalue weighted by molar-refractivity contribution is 9.08. The molecule has 0 N–H and O–H groups in total. The molecule has 1 aromatic carbocycles. The number of alkyl halides is 1. The molecule has 0 saturated heterocycles. The third kappa shape index (κ3) is 4.83. The largest absolute Gasteiger partial charge is 0.0876 e. The summed E-state index contributed by atoms with van der Waals surface area (Å²) in [6, 6.07) is 8.75. The summed E-state index contributed by atoms with van der Waals surface area (Å²) in [4.78, 5) is 0. The van der Waals surface area contributed by atoms with Crippen molar-refractivity contribution in [2.24, 2.45) is 0 Å². The first kappa shape index (κ1) is 12.8. The molecule has 1 rings (SSSR count).